The van der Waals surface area contributed by atoms with Crippen LogP contribution in [0, 0.1) is 6.92 Å². The van der Waals surface area contributed by atoms with Crippen LogP contribution < -0.4 is 10.2 Å². The third kappa shape index (κ3) is 5.48. The molecule has 0 spiro atoms. The van der Waals surface area contributed by atoms with Gasteiger partial charge in [-0.2, -0.15) is 0 Å². The maximum Gasteiger partial charge on any atom is 0.255 e. The van der Waals surface area contributed by atoms with Gasteiger partial charge in [0.15, 0.2) is 0 Å². The number of carbonyl (C=O) groups is 2. The molecule has 3 aromatic carbocycles. The van der Waals surface area contributed by atoms with Crippen molar-refractivity contribution in [2.45, 2.75) is 13.3 Å². The van der Waals surface area contributed by atoms with E-state index in [1.54, 1.807) is 24.3 Å². The third-order valence-corrected chi connectivity index (χ3v) is 5.92. The second-order valence-corrected chi connectivity index (χ2v) is 8.48. The largest absolute Gasteiger partial charge is 0.368 e. The Hall–Kier alpha value is -3.31. The summed E-state index contributed by atoms with van der Waals surface area (Å²) in [6, 6.07) is 22.7. The highest BCUT2D eigenvalue weighted by molar-refractivity contribution is 6.30. The second-order valence-electron chi connectivity index (χ2n) is 8.04. The molecule has 0 saturated carbocycles. The minimum Gasteiger partial charge on any atom is -0.368 e. The van der Waals surface area contributed by atoms with Crippen molar-refractivity contribution >= 4 is 34.8 Å². The van der Waals surface area contributed by atoms with E-state index in [-0.39, 0.29) is 11.8 Å². The molecule has 0 radical (unpaired) electrons. The molecular weight excluding hydrogens is 422 g/mol. The van der Waals surface area contributed by atoms with Crippen molar-refractivity contribution in [3.05, 3.63) is 94.5 Å². The Morgan fingerprint density at radius 3 is 2.25 bits per heavy atom. The van der Waals surface area contributed by atoms with Gasteiger partial charge >= 0.3 is 0 Å². The normalized spacial score (nSPS) is 13.7. The van der Waals surface area contributed by atoms with E-state index in [0.29, 0.717) is 30.1 Å². The van der Waals surface area contributed by atoms with Crippen LogP contribution in [0.2, 0.25) is 5.02 Å². The molecule has 0 aromatic heterocycles. The van der Waals surface area contributed by atoms with Crippen molar-refractivity contribution in [3.63, 3.8) is 0 Å². The van der Waals surface area contributed by atoms with Gasteiger partial charge in [0.25, 0.3) is 5.91 Å². The van der Waals surface area contributed by atoms with Gasteiger partial charge in [0.05, 0.1) is 6.42 Å². The van der Waals surface area contributed by atoms with Gasteiger partial charge < -0.3 is 15.1 Å². The third-order valence-electron chi connectivity index (χ3n) is 5.67. The van der Waals surface area contributed by atoms with Crippen molar-refractivity contribution in [1.82, 2.24) is 4.90 Å². The number of anilines is 2. The maximum absolute atomic E-state index is 12.7. The van der Waals surface area contributed by atoms with Gasteiger partial charge in [-0.3, -0.25) is 9.59 Å². The number of nitrogens with zero attached hydrogens (tertiary/aromatic N) is 2. The van der Waals surface area contributed by atoms with E-state index in [2.05, 4.69) is 16.3 Å². The standard InChI is InChI=1S/C26H26ClN3O2/c1-19-3-2-4-20(17-19)18-25(31)30-15-13-29(14-16-30)24-11-9-23(10-12-24)28-26(32)21-5-7-22(27)8-6-21/h2-12,17H,13-16,18H2,1H3,(H,28,32). The van der Waals surface area contributed by atoms with Crippen molar-refractivity contribution in [3.8, 4) is 0 Å². The van der Waals surface area contributed by atoms with E-state index < -0.39 is 0 Å². The first-order chi connectivity index (χ1) is 15.5. The molecule has 0 atom stereocenters. The molecule has 1 heterocycles. The van der Waals surface area contributed by atoms with Crippen LogP contribution in [0.15, 0.2) is 72.8 Å². The lowest BCUT2D eigenvalue weighted by Crippen LogP contribution is -2.49. The number of hydrogen-bond acceptors (Lipinski definition) is 3. The lowest BCUT2D eigenvalue weighted by molar-refractivity contribution is -0.130. The molecule has 2 amide bonds. The number of hydrogen-bond donors (Lipinski definition) is 1. The Kier molecular flexibility index (Phi) is 6.76. The Balaban J connectivity index is 1.29. The predicted molar refractivity (Wildman–Crippen MR) is 130 cm³/mol. The molecule has 164 valence electrons. The fourth-order valence-corrected chi connectivity index (χ4v) is 4.01. The van der Waals surface area contributed by atoms with Crippen molar-refractivity contribution in [1.29, 1.82) is 0 Å². The molecule has 0 unspecified atom stereocenters. The van der Waals surface area contributed by atoms with Crippen LogP contribution in [0.3, 0.4) is 0 Å². The van der Waals surface area contributed by atoms with Gasteiger partial charge in [-0.15, -0.1) is 0 Å². The van der Waals surface area contributed by atoms with Gasteiger partial charge in [-0.05, 0) is 61.0 Å². The fraction of sp³-hybridized carbons (Fsp3) is 0.231. The van der Waals surface area contributed by atoms with Gasteiger partial charge in [0, 0.05) is 48.1 Å². The van der Waals surface area contributed by atoms with Crippen LogP contribution in [0.25, 0.3) is 0 Å². The number of rotatable bonds is 5. The van der Waals surface area contributed by atoms with E-state index in [1.807, 2.05) is 54.3 Å². The molecule has 32 heavy (non-hydrogen) atoms. The minimum absolute atomic E-state index is 0.171. The molecule has 0 bridgehead atoms. The molecular formula is C26H26ClN3O2. The summed E-state index contributed by atoms with van der Waals surface area (Å²) in [7, 11) is 0. The van der Waals surface area contributed by atoms with Gasteiger partial charge in [-0.1, -0.05) is 41.4 Å². The summed E-state index contributed by atoms with van der Waals surface area (Å²) in [6.45, 7) is 5.03. The molecule has 0 aliphatic carbocycles. The van der Waals surface area contributed by atoms with Gasteiger partial charge in [-0.25, -0.2) is 0 Å². The number of halogens is 1. The summed E-state index contributed by atoms with van der Waals surface area (Å²) < 4.78 is 0. The zero-order chi connectivity index (χ0) is 22.5. The van der Waals surface area contributed by atoms with Crippen LogP contribution in [-0.2, 0) is 11.2 Å². The number of amides is 2. The first-order valence-electron chi connectivity index (χ1n) is 10.7. The first kappa shape index (κ1) is 21.9. The van der Waals surface area contributed by atoms with Crippen LogP contribution in [0.4, 0.5) is 11.4 Å². The minimum atomic E-state index is -0.171. The Morgan fingerprint density at radius 2 is 1.59 bits per heavy atom. The highest BCUT2D eigenvalue weighted by Crippen LogP contribution is 2.21. The van der Waals surface area contributed by atoms with Gasteiger partial charge in [0.2, 0.25) is 5.91 Å². The zero-order valence-corrected chi connectivity index (χ0v) is 18.8. The SMILES string of the molecule is Cc1cccc(CC(=O)N2CCN(c3ccc(NC(=O)c4ccc(Cl)cc4)cc3)CC2)c1. The van der Waals surface area contributed by atoms with Crippen molar-refractivity contribution in [2.24, 2.45) is 0 Å². The Bertz CT molecular complexity index is 1090. The smallest absolute Gasteiger partial charge is 0.255 e. The number of aryl methyl sites for hydroxylation is 1. The summed E-state index contributed by atoms with van der Waals surface area (Å²) in [4.78, 5) is 29.2. The molecule has 1 fully saturated rings. The molecule has 6 heteroatoms. The summed E-state index contributed by atoms with van der Waals surface area (Å²) in [5, 5.41) is 3.50. The number of carbonyl (C=O) groups excluding carboxylic acids is 2. The molecule has 1 saturated heterocycles. The maximum atomic E-state index is 12.7. The van der Waals surface area contributed by atoms with Crippen molar-refractivity contribution < 1.29 is 9.59 Å². The fourth-order valence-electron chi connectivity index (χ4n) is 3.88. The lowest BCUT2D eigenvalue weighted by Gasteiger charge is -2.36. The van der Waals surface area contributed by atoms with E-state index in [9.17, 15) is 9.59 Å². The second kappa shape index (κ2) is 9.88. The molecule has 1 N–H and O–H groups in total. The summed E-state index contributed by atoms with van der Waals surface area (Å²) in [5.41, 5.74) is 4.62. The number of nitrogens with one attached hydrogen (secondary N) is 1. The summed E-state index contributed by atoms with van der Waals surface area (Å²) in [6.07, 6.45) is 0.448. The van der Waals surface area contributed by atoms with Crippen LogP contribution in [-0.4, -0.2) is 42.9 Å². The van der Waals surface area contributed by atoms with Crippen molar-refractivity contribution in [2.75, 3.05) is 36.4 Å². The van der Waals surface area contributed by atoms with Gasteiger partial charge in [0.1, 0.15) is 0 Å². The van der Waals surface area contributed by atoms with Crippen LogP contribution in [0.1, 0.15) is 21.5 Å². The van der Waals surface area contributed by atoms with E-state index in [0.717, 1.165) is 30.0 Å². The summed E-state index contributed by atoms with van der Waals surface area (Å²) in [5.74, 6) is 0.00524. The predicted octanol–water partition coefficient (Wildman–Crippen LogP) is 4.79. The first-order valence-corrected chi connectivity index (χ1v) is 11.1. The van der Waals surface area contributed by atoms with Crippen LogP contribution >= 0.6 is 11.6 Å². The van der Waals surface area contributed by atoms with E-state index in [4.69, 9.17) is 11.6 Å². The molecule has 5 nitrogen and oxygen atoms in total. The quantitative estimate of drug-likeness (QED) is 0.611. The number of benzene rings is 3. The molecule has 3 aromatic rings. The monoisotopic (exact) mass is 447 g/mol. The number of piperazine rings is 1. The van der Waals surface area contributed by atoms with Crippen LogP contribution in [0.5, 0.6) is 0 Å². The average molecular weight is 448 g/mol. The lowest BCUT2D eigenvalue weighted by atomic mass is 10.1. The highest BCUT2D eigenvalue weighted by atomic mass is 35.5. The summed E-state index contributed by atoms with van der Waals surface area (Å²) >= 11 is 5.88. The van der Waals surface area contributed by atoms with E-state index >= 15 is 0 Å². The zero-order valence-electron chi connectivity index (χ0n) is 18.1. The highest BCUT2D eigenvalue weighted by Gasteiger charge is 2.21. The Morgan fingerprint density at radius 1 is 0.906 bits per heavy atom. The topological polar surface area (TPSA) is 52.7 Å². The molecule has 1 aliphatic heterocycles. The average Bonchev–Trinajstić information content (AvgIpc) is 2.80. The Labute approximate surface area is 193 Å². The molecule has 4 rings (SSSR count). The van der Waals surface area contributed by atoms with E-state index in [1.165, 1.54) is 5.56 Å². The molecule has 1 aliphatic rings.